The first-order chi connectivity index (χ1) is 15.2. The Balaban J connectivity index is 1.50. The third-order valence-corrected chi connectivity index (χ3v) is 6.50. The van der Waals surface area contributed by atoms with Gasteiger partial charge in [0.2, 0.25) is 0 Å². The van der Waals surface area contributed by atoms with Crippen LogP contribution in [-0.2, 0) is 10.9 Å². The lowest BCUT2D eigenvalue weighted by atomic mass is 9.97. The number of alkyl halides is 3. The molecule has 3 atom stereocenters. The number of nitrogens with zero attached hydrogens (tertiary/aromatic N) is 4. The zero-order chi connectivity index (χ0) is 22.6. The van der Waals surface area contributed by atoms with Gasteiger partial charge in [-0.2, -0.15) is 18.3 Å². The van der Waals surface area contributed by atoms with E-state index < -0.39 is 17.8 Å². The molecule has 168 valence electrons. The highest BCUT2D eigenvalue weighted by Gasteiger charge is 2.39. The summed E-state index contributed by atoms with van der Waals surface area (Å²) in [6, 6.07) is 6.23. The maximum Gasteiger partial charge on any atom is 0.416 e. The predicted molar refractivity (Wildman–Crippen MR) is 116 cm³/mol. The van der Waals surface area contributed by atoms with Crippen LogP contribution in [0.2, 0.25) is 0 Å². The Morgan fingerprint density at radius 2 is 2.03 bits per heavy atom. The van der Waals surface area contributed by atoms with E-state index in [4.69, 9.17) is 4.74 Å². The molecule has 0 radical (unpaired) electrons. The highest BCUT2D eigenvalue weighted by molar-refractivity contribution is 5.92. The number of hydrogen-bond acceptors (Lipinski definition) is 6. The van der Waals surface area contributed by atoms with Crippen molar-refractivity contribution < 1.29 is 17.9 Å². The zero-order valence-electron chi connectivity index (χ0n) is 18.1. The van der Waals surface area contributed by atoms with Gasteiger partial charge >= 0.3 is 6.18 Å². The molecule has 32 heavy (non-hydrogen) atoms. The molecule has 2 aliphatic rings. The number of hydrogen-bond donors (Lipinski definition) is 1. The van der Waals surface area contributed by atoms with Gasteiger partial charge in [0.1, 0.15) is 0 Å². The van der Waals surface area contributed by atoms with E-state index in [1.165, 1.54) is 13.0 Å². The zero-order valence-corrected chi connectivity index (χ0v) is 18.1. The molecule has 2 unspecified atom stereocenters. The molecule has 1 N–H and O–H groups in total. The average Bonchev–Trinajstić information content (AvgIpc) is 3.38. The number of aromatic nitrogens is 3. The van der Waals surface area contributed by atoms with E-state index in [2.05, 4.69) is 25.4 Å². The lowest BCUT2D eigenvalue weighted by molar-refractivity contribution is -0.138. The van der Waals surface area contributed by atoms with Crippen LogP contribution in [0.4, 0.5) is 24.7 Å². The van der Waals surface area contributed by atoms with Crippen molar-refractivity contribution in [2.45, 2.75) is 51.6 Å². The molecule has 0 amide bonds. The Bertz CT molecular complexity index is 1180. The molecule has 0 aliphatic carbocycles. The molecule has 2 saturated heterocycles. The van der Waals surface area contributed by atoms with Crippen molar-refractivity contribution in [2.24, 2.45) is 0 Å². The summed E-state index contributed by atoms with van der Waals surface area (Å²) in [7, 11) is 0. The Hall–Kier alpha value is -2.94. The molecule has 2 bridgehead atoms. The second-order valence-corrected chi connectivity index (χ2v) is 8.60. The molecule has 4 heterocycles. The Kier molecular flexibility index (Phi) is 4.96. The second kappa shape index (κ2) is 7.58. The van der Waals surface area contributed by atoms with Crippen LogP contribution in [0.25, 0.3) is 10.9 Å². The number of nitrogens with one attached hydrogen (secondary N) is 1. The van der Waals surface area contributed by atoms with E-state index in [0.717, 1.165) is 35.6 Å². The molecule has 3 aromatic rings. The van der Waals surface area contributed by atoms with Gasteiger partial charge in [-0.25, -0.2) is 0 Å². The van der Waals surface area contributed by atoms with Gasteiger partial charge in [-0.1, -0.05) is 12.1 Å². The summed E-state index contributed by atoms with van der Waals surface area (Å²) < 4.78 is 45.8. The van der Waals surface area contributed by atoms with E-state index in [1.54, 1.807) is 6.07 Å². The maximum absolute atomic E-state index is 13.4. The smallest absolute Gasteiger partial charge is 0.374 e. The molecular formula is C23H24F3N5O. The second-order valence-electron chi connectivity index (χ2n) is 8.60. The molecule has 1 aromatic carbocycles. The van der Waals surface area contributed by atoms with Crippen LogP contribution in [0.15, 0.2) is 30.5 Å². The standard InChI is InChI=1S/C23H24F3N5O/c1-12-18(5-4-6-20(12)23(24,25)26)13(2)28-22-19-8-15(9-27-21(19)14(3)29-30-22)31-10-17-7-16(31)11-32-17/h4-6,8-9,13,16-17H,7,10-11H2,1-3H3,(H,28,30)/t13-,16?,17?/m1/s1. The van der Waals surface area contributed by atoms with Crippen molar-refractivity contribution in [3.63, 3.8) is 0 Å². The van der Waals surface area contributed by atoms with Crippen LogP contribution in [0.5, 0.6) is 0 Å². The largest absolute Gasteiger partial charge is 0.416 e. The van der Waals surface area contributed by atoms with Gasteiger partial charge in [-0.15, -0.1) is 5.10 Å². The van der Waals surface area contributed by atoms with E-state index in [0.29, 0.717) is 29.7 Å². The fourth-order valence-electron chi connectivity index (χ4n) is 4.84. The maximum atomic E-state index is 13.4. The van der Waals surface area contributed by atoms with Crippen LogP contribution in [0.3, 0.4) is 0 Å². The van der Waals surface area contributed by atoms with Crippen molar-refractivity contribution in [1.82, 2.24) is 15.2 Å². The molecule has 0 saturated carbocycles. The molecule has 0 spiro atoms. The summed E-state index contributed by atoms with van der Waals surface area (Å²) in [5.74, 6) is 0.505. The Morgan fingerprint density at radius 3 is 2.72 bits per heavy atom. The van der Waals surface area contributed by atoms with Gasteiger partial charge in [0.15, 0.2) is 5.82 Å². The molecule has 2 fully saturated rings. The van der Waals surface area contributed by atoms with Gasteiger partial charge in [-0.05, 0) is 50.5 Å². The van der Waals surface area contributed by atoms with Crippen molar-refractivity contribution in [3.8, 4) is 0 Å². The van der Waals surface area contributed by atoms with Gasteiger partial charge in [0.25, 0.3) is 0 Å². The normalized spacial score (nSPS) is 21.4. The fourth-order valence-corrected chi connectivity index (χ4v) is 4.84. The van der Waals surface area contributed by atoms with Crippen LogP contribution in [-0.4, -0.2) is 40.5 Å². The van der Waals surface area contributed by atoms with Gasteiger partial charge in [0.05, 0.1) is 53.5 Å². The SMILES string of the molecule is Cc1c([C@@H](C)Nc2nnc(C)c3ncc(N4CC5CC4CO5)cc23)cccc1C(F)(F)F. The number of ether oxygens (including phenoxy) is 1. The van der Waals surface area contributed by atoms with Crippen molar-refractivity contribution >= 4 is 22.4 Å². The number of halogens is 3. The van der Waals surface area contributed by atoms with Crippen molar-refractivity contribution in [2.75, 3.05) is 23.4 Å². The highest BCUT2D eigenvalue weighted by atomic mass is 19.4. The minimum absolute atomic E-state index is 0.205. The van der Waals surface area contributed by atoms with E-state index in [1.807, 2.05) is 26.1 Å². The predicted octanol–water partition coefficient (Wildman–Crippen LogP) is 4.81. The summed E-state index contributed by atoms with van der Waals surface area (Å²) >= 11 is 0. The van der Waals surface area contributed by atoms with E-state index in [9.17, 15) is 13.2 Å². The monoisotopic (exact) mass is 443 g/mol. The number of anilines is 2. The summed E-state index contributed by atoms with van der Waals surface area (Å²) in [5, 5.41) is 12.6. The topological polar surface area (TPSA) is 63.2 Å². The number of rotatable bonds is 4. The number of morpholine rings is 1. The first-order valence-corrected chi connectivity index (χ1v) is 10.7. The van der Waals surface area contributed by atoms with Crippen molar-refractivity contribution in [3.05, 3.63) is 52.8 Å². The van der Waals surface area contributed by atoms with Crippen LogP contribution >= 0.6 is 0 Å². The Labute approximate surface area is 183 Å². The Morgan fingerprint density at radius 1 is 1.22 bits per heavy atom. The quantitative estimate of drug-likeness (QED) is 0.624. The third-order valence-electron chi connectivity index (χ3n) is 6.50. The van der Waals surface area contributed by atoms with Crippen LogP contribution < -0.4 is 10.2 Å². The number of benzene rings is 1. The molecule has 2 aliphatic heterocycles. The first-order valence-electron chi connectivity index (χ1n) is 10.7. The van der Waals surface area contributed by atoms with Crippen LogP contribution in [0, 0.1) is 13.8 Å². The minimum Gasteiger partial charge on any atom is -0.374 e. The van der Waals surface area contributed by atoms with E-state index >= 15 is 0 Å². The number of fused-ring (bicyclic) bond motifs is 3. The van der Waals surface area contributed by atoms with Gasteiger partial charge in [-0.3, -0.25) is 4.98 Å². The lowest BCUT2D eigenvalue weighted by Gasteiger charge is -2.29. The molecule has 2 aromatic heterocycles. The fraction of sp³-hybridized carbons (Fsp3) is 0.435. The lowest BCUT2D eigenvalue weighted by Crippen LogP contribution is -2.36. The molecule has 5 rings (SSSR count). The van der Waals surface area contributed by atoms with Gasteiger partial charge in [0, 0.05) is 11.9 Å². The third kappa shape index (κ3) is 3.54. The first kappa shape index (κ1) is 20.9. The molecular weight excluding hydrogens is 419 g/mol. The molecule has 9 heteroatoms. The summed E-state index contributed by atoms with van der Waals surface area (Å²) in [6.07, 6.45) is -1.27. The number of aryl methyl sites for hydroxylation is 1. The summed E-state index contributed by atoms with van der Waals surface area (Å²) in [4.78, 5) is 6.95. The highest BCUT2D eigenvalue weighted by Crippen LogP contribution is 2.37. The summed E-state index contributed by atoms with van der Waals surface area (Å²) in [6.45, 7) is 6.71. The van der Waals surface area contributed by atoms with Gasteiger partial charge < -0.3 is 15.0 Å². The average molecular weight is 443 g/mol. The number of pyridine rings is 1. The minimum atomic E-state index is -4.40. The van der Waals surface area contributed by atoms with Crippen LogP contribution in [0.1, 0.15) is 41.8 Å². The van der Waals surface area contributed by atoms with E-state index in [-0.39, 0.29) is 11.7 Å². The van der Waals surface area contributed by atoms with Crippen molar-refractivity contribution in [1.29, 1.82) is 0 Å². The molecule has 6 nitrogen and oxygen atoms in total. The summed E-state index contributed by atoms with van der Waals surface area (Å²) in [5.41, 5.74) is 2.56.